The lowest BCUT2D eigenvalue weighted by Crippen LogP contribution is -2.44. The second kappa shape index (κ2) is 11.7. The van der Waals surface area contributed by atoms with E-state index in [9.17, 15) is 22.4 Å². The first-order valence-electron chi connectivity index (χ1n) is 14.1. The molecule has 0 saturated carbocycles. The van der Waals surface area contributed by atoms with E-state index < -0.39 is 21.6 Å². The Bertz CT molecular complexity index is 1800. The number of aromatic nitrogens is 2. The molecule has 3 heterocycles. The fourth-order valence-electron chi connectivity index (χ4n) is 5.42. The molecule has 4 N–H and O–H groups in total. The molecule has 11 nitrogen and oxygen atoms in total. The van der Waals surface area contributed by atoms with E-state index in [1.807, 2.05) is 12.1 Å². The van der Waals surface area contributed by atoms with E-state index in [1.165, 1.54) is 36.4 Å². The molecule has 1 aromatic heterocycles. The lowest BCUT2D eigenvalue weighted by Gasteiger charge is -2.34. The van der Waals surface area contributed by atoms with E-state index in [0.29, 0.717) is 23.0 Å². The molecule has 2 aliphatic heterocycles. The van der Waals surface area contributed by atoms with Gasteiger partial charge >= 0.3 is 0 Å². The zero-order valence-electron chi connectivity index (χ0n) is 23.6. The van der Waals surface area contributed by atoms with Gasteiger partial charge in [0.05, 0.1) is 32.6 Å². The second-order valence-corrected chi connectivity index (χ2v) is 12.8. The van der Waals surface area contributed by atoms with Crippen molar-refractivity contribution in [2.75, 3.05) is 55.3 Å². The molecule has 2 saturated heterocycles. The van der Waals surface area contributed by atoms with Crippen molar-refractivity contribution < 1.29 is 22.4 Å². The van der Waals surface area contributed by atoms with Crippen LogP contribution in [0, 0.1) is 5.82 Å². The quantitative estimate of drug-likeness (QED) is 0.252. The molecule has 0 aliphatic carbocycles. The van der Waals surface area contributed by atoms with Gasteiger partial charge in [-0.3, -0.25) is 14.7 Å². The van der Waals surface area contributed by atoms with E-state index in [-0.39, 0.29) is 33.1 Å². The van der Waals surface area contributed by atoms with E-state index in [1.54, 1.807) is 6.07 Å². The number of anilines is 3. The number of likely N-dealkylation sites (N-methyl/N-ethyl adjacent to an activating group) is 1. The van der Waals surface area contributed by atoms with Crippen LogP contribution in [-0.4, -0.2) is 81.1 Å². The molecular weight excluding hydrogens is 573 g/mol. The molecule has 2 aliphatic rings. The smallest absolute Gasteiger partial charge is 0.258 e. The highest BCUT2D eigenvalue weighted by atomic mass is 32.2. The number of hydrogen-bond acceptors (Lipinski definition) is 8. The minimum absolute atomic E-state index is 0.0731. The van der Waals surface area contributed by atoms with Crippen LogP contribution in [0.4, 0.5) is 21.6 Å². The predicted octanol–water partition coefficient (Wildman–Crippen LogP) is 3.23. The van der Waals surface area contributed by atoms with Gasteiger partial charge < -0.3 is 25.8 Å². The molecule has 224 valence electrons. The van der Waals surface area contributed by atoms with Crippen molar-refractivity contribution in [3.8, 4) is 0 Å². The van der Waals surface area contributed by atoms with E-state index in [0.717, 1.165) is 50.9 Å². The highest BCUT2D eigenvalue weighted by Crippen LogP contribution is 2.30. The molecule has 43 heavy (non-hydrogen) atoms. The number of benzene rings is 3. The number of carbonyl (C=O) groups excluding carboxylic acids is 2. The minimum atomic E-state index is -4.03. The van der Waals surface area contributed by atoms with Gasteiger partial charge in [-0.1, -0.05) is 6.07 Å². The fourth-order valence-corrected chi connectivity index (χ4v) is 6.74. The Morgan fingerprint density at radius 2 is 1.77 bits per heavy atom. The number of H-pyrrole nitrogens is 1. The Kier molecular flexibility index (Phi) is 7.86. The first-order valence-corrected chi connectivity index (χ1v) is 15.6. The summed E-state index contributed by atoms with van der Waals surface area (Å²) in [6, 6.07) is 14.1. The van der Waals surface area contributed by atoms with Gasteiger partial charge in [-0.05, 0) is 81.0 Å². The van der Waals surface area contributed by atoms with E-state index in [2.05, 4.69) is 43.0 Å². The van der Waals surface area contributed by atoms with Crippen molar-refractivity contribution >= 4 is 49.7 Å². The lowest BCUT2D eigenvalue weighted by molar-refractivity contribution is -0.117. The third-order valence-corrected chi connectivity index (χ3v) is 9.68. The van der Waals surface area contributed by atoms with Crippen LogP contribution in [0.3, 0.4) is 0 Å². The Morgan fingerprint density at radius 1 is 0.977 bits per heavy atom. The molecule has 1 atom stereocenters. The van der Waals surface area contributed by atoms with Crippen LogP contribution in [0.5, 0.6) is 0 Å². The number of nitrogens with one attached hydrogen (secondary N) is 4. The zero-order valence-corrected chi connectivity index (χ0v) is 24.4. The summed E-state index contributed by atoms with van der Waals surface area (Å²) < 4.78 is 40.2. The number of hydrogen-bond donors (Lipinski definition) is 4. The van der Waals surface area contributed by atoms with Crippen molar-refractivity contribution in [1.29, 1.82) is 0 Å². The predicted molar refractivity (Wildman–Crippen MR) is 162 cm³/mol. The molecule has 6 rings (SSSR count). The summed E-state index contributed by atoms with van der Waals surface area (Å²) in [6.45, 7) is 4.20. The van der Waals surface area contributed by atoms with Crippen LogP contribution in [-0.2, 0) is 14.6 Å². The molecule has 13 heteroatoms. The van der Waals surface area contributed by atoms with Gasteiger partial charge in [-0.15, -0.1) is 0 Å². The molecule has 2 amide bonds. The molecule has 0 bridgehead atoms. The van der Waals surface area contributed by atoms with Gasteiger partial charge in [-0.2, -0.15) is 5.10 Å². The van der Waals surface area contributed by atoms with Crippen LogP contribution in [0.2, 0.25) is 0 Å². The summed E-state index contributed by atoms with van der Waals surface area (Å²) in [5.41, 5.74) is 2.02. The van der Waals surface area contributed by atoms with Crippen molar-refractivity contribution in [3.63, 3.8) is 0 Å². The highest BCUT2D eigenvalue weighted by Gasteiger charge is 2.26. The maximum atomic E-state index is 13.8. The van der Waals surface area contributed by atoms with Crippen LogP contribution >= 0.6 is 0 Å². The molecular formula is C30H32FN7O4S. The number of carbonyl (C=O) groups is 2. The van der Waals surface area contributed by atoms with Gasteiger partial charge in [0.1, 0.15) is 5.82 Å². The largest absolute Gasteiger partial charge is 0.369 e. The van der Waals surface area contributed by atoms with E-state index >= 15 is 0 Å². The molecule has 2 fully saturated rings. The molecule has 4 aromatic rings. The number of fused-ring (bicyclic) bond motifs is 1. The average molecular weight is 606 g/mol. The third-order valence-electron chi connectivity index (χ3n) is 7.93. The SMILES string of the molecule is CN1CCN(c2ccc(C(=O)Nc3n[nH]c4ccc(S(=O)(=O)c5cccc(F)c5)cc34)c(NC(=O)[C@@H]3CCCN3)c2)CC1. The van der Waals surface area contributed by atoms with Gasteiger partial charge in [0, 0.05) is 37.3 Å². The van der Waals surface area contributed by atoms with Gasteiger partial charge in [0.25, 0.3) is 5.91 Å². The Labute approximate surface area is 248 Å². The number of amides is 2. The maximum Gasteiger partial charge on any atom is 0.258 e. The zero-order chi connectivity index (χ0) is 30.1. The number of rotatable bonds is 7. The Hall–Kier alpha value is -4.33. The van der Waals surface area contributed by atoms with Crippen molar-refractivity contribution in [1.82, 2.24) is 20.4 Å². The Balaban J connectivity index is 1.30. The van der Waals surface area contributed by atoms with Gasteiger partial charge in [0.2, 0.25) is 15.7 Å². The second-order valence-electron chi connectivity index (χ2n) is 10.9. The summed E-state index contributed by atoms with van der Waals surface area (Å²) in [7, 11) is -1.96. The monoisotopic (exact) mass is 605 g/mol. The van der Waals surface area contributed by atoms with Crippen molar-refractivity contribution in [2.24, 2.45) is 0 Å². The number of piperazine rings is 1. The lowest BCUT2D eigenvalue weighted by atomic mass is 10.1. The minimum Gasteiger partial charge on any atom is -0.369 e. The van der Waals surface area contributed by atoms with Gasteiger partial charge in [-0.25, -0.2) is 12.8 Å². The van der Waals surface area contributed by atoms with Gasteiger partial charge in [0.15, 0.2) is 5.82 Å². The molecule has 0 radical (unpaired) electrons. The van der Waals surface area contributed by atoms with Crippen LogP contribution in [0.1, 0.15) is 23.2 Å². The Morgan fingerprint density at radius 3 is 2.51 bits per heavy atom. The summed E-state index contributed by atoms with van der Waals surface area (Å²) >= 11 is 0. The van der Waals surface area contributed by atoms with Crippen LogP contribution in [0.15, 0.2) is 70.5 Å². The van der Waals surface area contributed by atoms with Crippen LogP contribution < -0.4 is 20.9 Å². The van der Waals surface area contributed by atoms with Crippen molar-refractivity contribution in [3.05, 3.63) is 72.0 Å². The molecule has 0 unspecified atom stereocenters. The van der Waals surface area contributed by atoms with Crippen molar-refractivity contribution in [2.45, 2.75) is 28.7 Å². The standard InChI is InChI=1S/C30H32FN7O4S/c1-37-12-14-38(15-13-37)20-7-9-23(27(17-20)33-30(40)26-6-3-11-32-26)29(39)34-28-24-18-22(8-10-25(24)35-36-28)43(41,42)21-5-2-4-19(31)16-21/h2,4-5,7-10,16-18,26,32H,3,6,11-15H2,1H3,(H,33,40)(H2,34,35,36,39)/t26-/m0/s1. The summed E-state index contributed by atoms with van der Waals surface area (Å²) in [4.78, 5) is 30.9. The number of sulfone groups is 1. The normalized spacial score (nSPS) is 17.7. The third kappa shape index (κ3) is 5.96. The highest BCUT2D eigenvalue weighted by molar-refractivity contribution is 7.91. The average Bonchev–Trinajstić information content (AvgIpc) is 3.68. The number of halogens is 1. The number of aromatic amines is 1. The number of nitrogens with zero attached hydrogens (tertiary/aromatic N) is 3. The fraction of sp³-hybridized carbons (Fsp3) is 0.300. The summed E-state index contributed by atoms with van der Waals surface area (Å²) in [5, 5.41) is 16.3. The first kappa shape index (κ1) is 28.8. The van der Waals surface area contributed by atoms with E-state index in [4.69, 9.17) is 0 Å². The molecule has 0 spiro atoms. The summed E-state index contributed by atoms with van der Waals surface area (Å²) in [6.07, 6.45) is 1.61. The maximum absolute atomic E-state index is 13.8. The first-order chi connectivity index (χ1) is 20.7. The summed E-state index contributed by atoms with van der Waals surface area (Å²) in [5.74, 6) is -1.27. The topological polar surface area (TPSA) is 140 Å². The molecule has 3 aromatic carbocycles. The van der Waals surface area contributed by atoms with Crippen LogP contribution in [0.25, 0.3) is 10.9 Å².